The lowest BCUT2D eigenvalue weighted by Gasteiger charge is -2.17. The molecule has 0 bridgehead atoms. The summed E-state index contributed by atoms with van der Waals surface area (Å²) in [6.45, 7) is 6.25. The van der Waals surface area contributed by atoms with E-state index in [2.05, 4.69) is 15.5 Å². The van der Waals surface area contributed by atoms with Gasteiger partial charge in [-0.1, -0.05) is 32.3 Å². The van der Waals surface area contributed by atoms with Gasteiger partial charge in [0.25, 0.3) is 0 Å². The van der Waals surface area contributed by atoms with E-state index in [0.717, 1.165) is 25.5 Å². The van der Waals surface area contributed by atoms with E-state index >= 15 is 0 Å². The third kappa shape index (κ3) is 6.24. The van der Waals surface area contributed by atoms with Crippen LogP contribution in [0.25, 0.3) is 0 Å². The van der Waals surface area contributed by atoms with Crippen molar-refractivity contribution in [1.29, 1.82) is 0 Å². The zero-order valence-corrected chi connectivity index (χ0v) is 13.8. The number of unbranched alkanes of at least 4 members (excludes halogenated alkanes) is 2. The number of aryl methyl sites for hydroxylation is 1. The van der Waals surface area contributed by atoms with Crippen LogP contribution in [0.2, 0.25) is 0 Å². The van der Waals surface area contributed by atoms with Gasteiger partial charge < -0.3 is 9.73 Å². The van der Waals surface area contributed by atoms with Crippen molar-refractivity contribution in [2.75, 3.05) is 12.8 Å². The van der Waals surface area contributed by atoms with Crippen LogP contribution in [0.3, 0.4) is 0 Å². The van der Waals surface area contributed by atoms with Crippen molar-refractivity contribution >= 4 is 15.7 Å². The first kappa shape index (κ1) is 17.6. The highest BCUT2D eigenvalue weighted by atomic mass is 32.2. The molecule has 0 aliphatic rings. The van der Waals surface area contributed by atoms with Gasteiger partial charge in [0.15, 0.2) is 0 Å². The van der Waals surface area contributed by atoms with Crippen molar-refractivity contribution in [3.8, 4) is 0 Å². The number of rotatable bonds is 7. The van der Waals surface area contributed by atoms with Gasteiger partial charge in [-0.05, 0) is 12.8 Å². The molecule has 1 rings (SSSR count). The van der Waals surface area contributed by atoms with Crippen LogP contribution in [0.15, 0.2) is 9.64 Å². The Kier molecular flexibility index (Phi) is 5.88. The van der Waals surface area contributed by atoms with Gasteiger partial charge in [0.1, 0.15) is 0 Å². The smallest absolute Gasteiger partial charge is 0.335 e. The Balaban J connectivity index is 2.21. The second-order valence-electron chi connectivity index (χ2n) is 6.05. The third-order valence-electron chi connectivity index (χ3n) is 2.80. The van der Waals surface area contributed by atoms with Gasteiger partial charge in [0.05, 0.1) is 0 Å². The van der Waals surface area contributed by atoms with E-state index in [0.29, 0.717) is 18.9 Å². The molecule has 0 unspecified atom stereocenters. The first-order valence-corrected chi connectivity index (χ1v) is 8.80. The second-order valence-corrected chi connectivity index (χ2v) is 7.94. The molecule has 120 valence electrons. The fraction of sp³-hybridized carbons (Fsp3) is 0.769. The fourth-order valence-electron chi connectivity index (χ4n) is 1.53. The Morgan fingerprint density at radius 1 is 1.19 bits per heavy atom. The van der Waals surface area contributed by atoms with E-state index in [1.807, 2.05) is 20.8 Å². The molecule has 0 spiro atoms. The SMILES string of the molecule is CC(C)(C)C(=O)NCCCCCc1nnc(S(C)(=O)=O)o1. The van der Waals surface area contributed by atoms with E-state index in [1.54, 1.807) is 0 Å². The summed E-state index contributed by atoms with van der Waals surface area (Å²) in [5.41, 5.74) is -0.369. The zero-order chi connectivity index (χ0) is 16.1. The number of nitrogens with one attached hydrogen (secondary N) is 1. The van der Waals surface area contributed by atoms with Crippen molar-refractivity contribution < 1.29 is 17.6 Å². The highest BCUT2D eigenvalue weighted by Crippen LogP contribution is 2.13. The molecule has 0 aliphatic heterocycles. The van der Waals surface area contributed by atoms with Gasteiger partial charge in [-0.2, -0.15) is 0 Å². The molecule has 0 aliphatic carbocycles. The lowest BCUT2D eigenvalue weighted by molar-refractivity contribution is -0.128. The first-order chi connectivity index (χ1) is 9.60. The standard InChI is InChI=1S/C13H23N3O4S/c1-13(2,3)11(17)14-9-7-5-6-8-10-15-16-12(20-10)21(4,18)19/h5-9H2,1-4H3,(H,14,17). The average Bonchev–Trinajstić information content (AvgIpc) is 2.80. The summed E-state index contributed by atoms with van der Waals surface area (Å²) in [6.07, 6.45) is 4.12. The van der Waals surface area contributed by atoms with Crippen LogP contribution in [-0.2, 0) is 21.1 Å². The van der Waals surface area contributed by atoms with Gasteiger partial charge >= 0.3 is 5.22 Å². The predicted octanol–water partition coefficient (Wildman–Crippen LogP) is 1.35. The molecule has 21 heavy (non-hydrogen) atoms. The Labute approximate surface area is 125 Å². The average molecular weight is 317 g/mol. The van der Waals surface area contributed by atoms with Gasteiger partial charge in [0, 0.05) is 24.6 Å². The molecule has 1 N–H and O–H groups in total. The van der Waals surface area contributed by atoms with Crippen molar-refractivity contribution in [1.82, 2.24) is 15.5 Å². The number of sulfone groups is 1. The third-order valence-corrected chi connectivity index (χ3v) is 3.60. The summed E-state index contributed by atoms with van der Waals surface area (Å²) in [5, 5.41) is 9.72. The minimum Gasteiger partial charge on any atom is -0.413 e. The molecule has 0 aromatic carbocycles. The number of carbonyl (C=O) groups excluding carboxylic acids is 1. The monoisotopic (exact) mass is 317 g/mol. The number of hydrogen-bond donors (Lipinski definition) is 1. The van der Waals surface area contributed by atoms with Crippen LogP contribution in [0.4, 0.5) is 0 Å². The Hall–Kier alpha value is -1.44. The number of carbonyl (C=O) groups is 1. The summed E-state index contributed by atoms with van der Waals surface area (Å²) < 4.78 is 27.4. The Bertz CT molecular complexity index is 572. The molecule has 1 aromatic heterocycles. The number of aromatic nitrogens is 2. The van der Waals surface area contributed by atoms with Gasteiger partial charge in [-0.3, -0.25) is 4.79 Å². The molecule has 7 nitrogen and oxygen atoms in total. The number of hydrogen-bond acceptors (Lipinski definition) is 6. The lowest BCUT2D eigenvalue weighted by Crippen LogP contribution is -2.35. The van der Waals surface area contributed by atoms with Crippen molar-refractivity contribution in [3.05, 3.63) is 5.89 Å². The van der Waals surface area contributed by atoms with Crippen LogP contribution in [-0.4, -0.2) is 37.3 Å². The van der Waals surface area contributed by atoms with E-state index in [1.165, 1.54) is 0 Å². The van der Waals surface area contributed by atoms with Crippen LogP contribution >= 0.6 is 0 Å². The van der Waals surface area contributed by atoms with Gasteiger partial charge in [0.2, 0.25) is 21.6 Å². The highest BCUT2D eigenvalue weighted by Gasteiger charge is 2.20. The largest absolute Gasteiger partial charge is 0.413 e. The molecule has 1 aromatic rings. The maximum atomic E-state index is 11.6. The molecule has 0 saturated heterocycles. The Morgan fingerprint density at radius 2 is 1.86 bits per heavy atom. The normalized spacial score (nSPS) is 12.4. The van der Waals surface area contributed by atoms with E-state index in [-0.39, 0.29) is 16.5 Å². The molecule has 1 heterocycles. The maximum absolute atomic E-state index is 11.6. The van der Waals surface area contributed by atoms with Crippen LogP contribution in [0.5, 0.6) is 0 Å². The van der Waals surface area contributed by atoms with Crippen LogP contribution < -0.4 is 5.32 Å². The summed E-state index contributed by atoms with van der Waals surface area (Å²) in [4.78, 5) is 11.6. The fourth-order valence-corrected chi connectivity index (χ4v) is 1.97. The number of amides is 1. The summed E-state index contributed by atoms with van der Waals surface area (Å²) in [5.74, 6) is 0.367. The zero-order valence-electron chi connectivity index (χ0n) is 13.0. The molecule has 8 heteroatoms. The molecular weight excluding hydrogens is 294 g/mol. The molecule has 0 radical (unpaired) electrons. The minimum absolute atomic E-state index is 0.0391. The van der Waals surface area contributed by atoms with Crippen molar-refractivity contribution in [2.45, 2.75) is 51.7 Å². The second kappa shape index (κ2) is 7.02. The van der Waals surface area contributed by atoms with Crippen molar-refractivity contribution in [3.63, 3.8) is 0 Å². The molecular formula is C13H23N3O4S. The highest BCUT2D eigenvalue weighted by molar-refractivity contribution is 7.90. The van der Waals surface area contributed by atoms with Crippen LogP contribution in [0, 0.1) is 5.41 Å². The quantitative estimate of drug-likeness (QED) is 0.762. The summed E-state index contributed by atoms with van der Waals surface area (Å²) in [7, 11) is -3.43. The maximum Gasteiger partial charge on any atom is 0.335 e. The molecule has 1 amide bonds. The first-order valence-electron chi connectivity index (χ1n) is 6.91. The van der Waals surface area contributed by atoms with Gasteiger partial charge in [-0.15, -0.1) is 5.10 Å². The van der Waals surface area contributed by atoms with E-state index in [4.69, 9.17) is 4.42 Å². The van der Waals surface area contributed by atoms with Crippen LogP contribution in [0.1, 0.15) is 45.9 Å². The summed E-state index contributed by atoms with van der Waals surface area (Å²) >= 11 is 0. The Morgan fingerprint density at radius 3 is 2.38 bits per heavy atom. The number of nitrogens with zero attached hydrogens (tertiary/aromatic N) is 2. The molecule has 0 atom stereocenters. The van der Waals surface area contributed by atoms with Crippen molar-refractivity contribution in [2.24, 2.45) is 5.41 Å². The minimum atomic E-state index is -3.43. The predicted molar refractivity (Wildman–Crippen MR) is 77.4 cm³/mol. The van der Waals surface area contributed by atoms with Gasteiger partial charge in [-0.25, -0.2) is 8.42 Å². The lowest BCUT2D eigenvalue weighted by atomic mass is 9.96. The van der Waals surface area contributed by atoms with E-state index < -0.39 is 9.84 Å². The topological polar surface area (TPSA) is 102 Å². The molecule has 0 saturated carbocycles. The summed E-state index contributed by atoms with van der Waals surface area (Å²) in [6, 6.07) is 0. The molecule has 0 fully saturated rings. The van der Waals surface area contributed by atoms with E-state index in [9.17, 15) is 13.2 Å².